The Bertz CT molecular complexity index is 846. The molecule has 0 N–H and O–H groups in total. The number of benzene rings is 2. The molecule has 1 fully saturated rings. The number of Topliss-reactive ketones (excluding diaryl/α,β-unsaturated/α-hetero) is 1. The quantitative estimate of drug-likeness (QED) is 0.551. The molecule has 1 aliphatic rings. The number of ether oxygens (including phenoxy) is 1. The van der Waals surface area contributed by atoms with E-state index in [1.807, 2.05) is 18.2 Å². The largest absolute Gasteiger partial charge is 0.416 e. The van der Waals surface area contributed by atoms with Gasteiger partial charge in [-0.05, 0) is 36.2 Å². The van der Waals surface area contributed by atoms with Gasteiger partial charge in [-0.1, -0.05) is 30.3 Å². The molecule has 0 aromatic heterocycles. The molecule has 1 atom stereocenters. The van der Waals surface area contributed by atoms with E-state index >= 15 is 0 Å². The Balaban J connectivity index is 1.85. The molecule has 156 valence electrons. The van der Waals surface area contributed by atoms with Gasteiger partial charge in [0.1, 0.15) is 5.78 Å². The molecule has 1 aliphatic carbocycles. The second-order valence-electron chi connectivity index (χ2n) is 7.33. The number of carbonyl (C=O) groups is 1. The number of ketones is 1. The number of alkyl halides is 6. The van der Waals surface area contributed by atoms with Crippen LogP contribution >= 0.6 is 0 Å². The van der Waals surface area contributed by atoms with E-state index in [9.17, 15) is 31.1 Å². The second kappa shape index (κ2) is 7.48. The van der Waals surface area contributed by atoms with Crippen molar-refractivity contribution in [2.75, 3.05) is 6.61 Å². The van der Waals surface area contributed by atoms with Crippen molar-refractivity contribution >= 4 is 5.78 Å². The first-order valence-corrected chi connectivity index (χ1v) is 8.89. The summed E-state index contributed by atoms with van der Waals surface area (Å²) in [5, 5.41) is 0. The summed E-state index contributed by atoms with van der Waals surface area (Å²) < 4.78 is 84.0. The SMILES string of the molecule is CC(OCC1(c2ccccc2)CC(=O)C1)c1cc(C(F)(F)F)cc(C(F)(F)F)c1. The molecule has 0 bridgehead atoms. The van der Waals surface area contributed by atoms with Gasteiger partial charge in [0.05, 0.1) is 23.8 Å². The average molecular weight is 416 g/mol. The van der Waals surface area contributed by atoms with E-state index in [0.717, 1.165) is 5.56 Å². The lowest BCUT2D eigenvalue weighted by molar-refractivity contribution is -0.143. The lowest BCUT2D eigenvalue weighted by atomic mass is 9.64. The standard InChI is InChI=1S/C21H18F6O2/c1-13(14-7-16(20(22,23)24)9-17(8-14)21(25,26)27)29-12-19(10-18(28)11-19)15-5-3-2-4-6-15/h2-9,13H,10-12H2,1H3. The van der Waals surface area contributed by atoms with Crippen molar-refractivity contribution < 1.29 is 35.9 Å². The first-order chi connectivity index (χ1) is 13.4. The summed E-state index contributed by atoms with van der Waals surface area (Å²) in [6.07, 6.45) is -10.4. The minimum atomic E-state index is -4.92. The molecule has 2 aromatic rings. The van der Waals surface area contributed by atoms with Crippen LogP contribution in [0.25, 0.3) is 0 Å². The second-order valence-corrected chi connectivity index (χ2v) is 7.33. The van der Waals surface area contributed by atoms with Crippen molar-refractivity contribution in [1.29, 1.82) is 0 Å². The van der Waals surface area contributed by atoms with Crippen LogP contribution < -0.4 is 0 Å². The van der Waals surface area contributed by atoms with Crippen LogP contribution in [0.15, 0.2) is 48.5 Å². The van der Waals surface area contributed by atoms with Crippen LogP contribution in [-0.4, -0.2) is 12.4 Å². The highest BCUT2D eigenvalue weighted by Crippen LogP contribution is 2.43. The number of hydrogen-bond acceptors (Lipinski definition) is 2. The zero-order chi connectivity index (χ0) is 21.4. The van der Waals surface area contributed by atoms with E-state index in [2.05, 4.69) is 0 Å². The molecule has 3 rings (SSSR count). The molecule has 1 unspecified atom stereocenters. The monoisotopic (exact) mass is 416 g/mol. The highest BCUT2D eigenvalue weighted by molar-refractivity contribution is 5.88. The van der Waals surface area contributed by atoms with Crippen LogP contribution in [0.4, 0.5) is 26.3 Å². The summed E-state index contributed by atoms with van der Waals surface area (Å²) in [7, 11) is 0. The third-order valence-corrected chi connectivity index (χ3v) is 5.15. The van der Waals surface area contributed by atoms with Gasteiger partial charge in [0.15, 0.2) is 0 Å². The molecule has 0 radical (unpaired) electrons. The van der Waals surface area contributed by atoms with Crippen molar-refractivity contribution in [2.24, 2.45) is 0 Å². The zero-order valence-corrected chi connectivity index (χ0v) is 15.4. The Morgan fingerprint density at radius 1 is 0.931 bits per heavy atom. The van der Waals surface area contributed by atoms with Crippen LogP contribution in [0.2, 0.25) is 0 Å². The summed E-state index contributed by atoms with van der Waals surface area (Å²) in [5.74, 6) is 0.0310. The molecule has 2 aromatic carbocycles. The van der Waals surface area contributed by atoms with Crippen LogP contribution in [-0.2, 0) is 27.3 Å². The van der Waals surface area contributed by atoms with Gasteiger partial charge in [-0.15, -0.1) is 0 Å². The molecule has 1 saturated carbocycles. The molecule has 0 aliphatic heterocycles. The Morgan fingerprint density at radius 3 is 1.90 bits per heavy atom. The third-order valence-electron chi connectivity index (χ3n) is 5.15. The maximum atomic E-state index is 13.1. The summed E-state index contributed by atoms with van der Waals surface area (Å²) in [5.41, 5.74) is -2.74. The van der Waals surface area contributed by atoms with E-state index in [0.29, 0.717) is 12.1 Å². The first kappa shape index (κ1) is 21.4. The molecule has 2 nitrogen and oxygen atoms in total. The minimum absolute atomic E-state index is 0.0154. The zero-order valence-electron chi connectivity index (χ0n) is 15.4. The third kappa shape index (κ3) is 4.63. The fourth-order valence-electron chi connectivity index (χ4n) is 3.48. The topological polar surface area (TPSA) is 26.3 Å². The number of halogens is 6. The summed E-state index contributed by atoms with van der Waals surface area (Å²) >= 11 is 0. The molecule has 29 heavy (non-hydrogen) atoms. The Kier molecular flexibility index (Phi) is 5.51. The van der Waals surface area contributed by atoms with E-state index in [1.54, 1.807) is 12.1 Å². The molecule has 0 spiro atoms. The highest BCUT2D eigenvalue weighted by Gasteiger charge is 2.45. The lowest BCUT2D eigenvalue weighted by Crippen LogP contribution is -2.45. The number of carbonyl (C=O) groups excluding carboxylic acids is 1. The van der Waals surface area contributed by atoms with E-state index in [-0.39, 0.29) is 36.9 Å². The van der Waals surface area contributed by atoms with E-state index in [1.165, 1.54) is 6.92 Å². The van der Waals surface area contributed by atoms with Crippen molar-refractivity contribution in [1.82, 2.24) is 0 Å². The van der Waals surface area contributed by atoms with Crippen molar-refractivity contribution in [3.63, 3.8) is 0 Å². The van der Waals surface area contributed by atoms with E-state index in [4.69, 9.17) is 4.74 Å². The fraction of sp³-hybridized carbons (Fsp3) is 0.381. The number of hydrogen-bond donors (Lipinski definition) is 0. The molecular formula is C21H18F6O2. The van der Waals surface area contributed by atoms with Gasteiger partial charge in [0, 0.05) is 18.3 Å². The predicted octanol–water partition coefficient (Wildman–Crippen LogP) is 6.10. The van der Waals surface area contributed by atoms with Gasteiger partial charge < -0.3 is 4.74 Å². The molecule has 0 heterocycles. The fourth-order valence-corrected chi connectivity index (χ4v) is 3.48. The summed E-state index contributed by atoms with van der Waals surface area (Å²) in [6.45, 7) is 1.41. The van der Waals surface area contributed by atoms with Crippen LogP contribution in [0.1, 0.15) is 48.1 Å². The van der Waals surface area contributed by atoms with Gasteiger partial charge in [0.25, 0.3) is 0 Å². The first-order valence-electron chi connectivity index (χ1n) is 8.89. The van der Waals surface area contributed by atoms with Crippen LogP contribution in [0.3, 0.4) is 0 Å². The normalized spacial score (nSPS) is 17.7. The van der Waals surface area contributed by atoms with E-state index < -0.39 is 35.0 Å². The van der Waals surface area contributed by atoms with Gasteiger partial charge in [-0.25, -0.2) is 0 Å². The van der Waals surface area contributed by atoms with Gasteiger partial charge in [0.2, 0.25) is 0 Å². The van der Waals surface area contributed by atoms with Gasteiger partial charge in [-0.2, -0.15) is 26.3 Å². The molecule has 8 heteroatoms. The van der Waals surface area contributed by atoms with Gasteiger partial charge in [-0.3, -0.25) is 4.79 Å². The molecule has 0 amide bonds. The predicted molar refractivity (Wildman–Crippen MR) is 93.2 cm³/mol. The highest BCUT2D eigenvalue weighted by atomic mass is 19.4. The molecule has 0 saturated heterocycles. The van der Waals surface area contributed by atoms with Crippen molar-refractivity contribution in [2.45, 2.75) is 43.6 Å². The smallest absolute Gasteiger partial charge is 0.373 e. The van der Waals surface area contributed by atoms with Crippen molar-refractivity contribution in [3.8, 4) is 0 Å². The lowest BCUT2D eigenvalue weighted by Gasteiger charge is -2.41. The van der Waals surface area contributed by atoms with Crippen LogP contribution in [0.5, 0.6) is 0 Å². The maximum absolute atomic E-state index is 13.1. The van der Waals surface area contributed by atoms with Crippen molar-refractivity contribution in [3.05, 3.63) is 70.8 Å². The Morgan fingerprint density at radius 2 is 1.45 bits per heavy atom. The molecular weight excluding hydrogens is 398 g/mol. The average Bonchev–Trinajstić information content (AvgIpc) is 2.63. The minimum Gasteiger partial charge on any atom is -0.373 e. The van der Waals surface area contributed by atoms with Crippen LogP contribution in [0, 0.1) is 0 Å². The maximum Gasteiger partial charge on any atom is 0.416 e. The summed E-state index contributed by atoms with van der Waals surface area (Å²) in [4.78, 5) is 11.6. The Labute approximate surface area is 163 Å². The Hall–Kier alpha value is -2.35. The summed E-state index contributed by atoms with van der Waals surface area (Å²) in [6, 6.07) is 10.5. The van der Waals surface area contributed by atoms with Gasteiger partial charge >= 0.3 is 12.4 Å². The number of rotatable bonds is 5.